The fourth-order valence-electron chi connectivity index (χ4n) is 3.59. The largest absolute Gasteiger partial charge is 0.491 e. The van der Waals surface area contributed by atoms with Gasteiger partial charge in [0.15, 0.2) is 6.29 Å². The number of carbonyl (C=O) groups excluding carboxylic acids is 1. The number of nitrogens with zero attached hydrogens (tertiary/aromatic N) is 1. The number of carbonyl (C=O) groups is 1. The maximum absolute atomic E-state index is 13.0. The molecule has 1 heterocycles. The molecule has 7 heteroatoms. The summed E-state index contributed by atoms with van der Waals surface area (Å²) in [5.41, 5.74) is 1.03. The minimum Gasteiger partial charge on any atom is -0.491 e. The van der Waals surface area contributed by atoms with Crippen LogP contribution in [0.2, 0.25) is 0 Å². The van der Waals surface area contributed by atoms with Crippen molar-refractivity contribution in [1.82, 2.24) is 4.31 Å². The molecule has 2 aromatic rings. The second-order valence-electron chi connectivity index (χ2n) is 7.33. The minimum atomic E-state index is -3.54. The van der Waals surface area contributed by atoms with Gasteiger partial charge in [0.2, 0.25) is 10.0 Å². The lowest BCUT2D eigenvalue weighted by atomic mass is 9.89. The van der Waals surface area contributed by atoms with Crippen molar-refractivity contribution in [3.63, 3.8) is 0 Å². The van der Waals surface area contributed by atoms with Gasteiger partial charge in [0.05, 0.1) is 11.0 Å². The van der Waals surface area contributed by atoms with Crippen molar-refractivity contribution in [2.75, 3.05) is 19.7 Å². The Balaban J connectivity index is 1.68. The number of sulfonamides is 1. The predicted octanol–water partition coefficient (Wildman–Crippen LogP) is 3.62. The van der Waals surface area contributed by atoms with Crippen LogP contribution in [-0.4, -0.2) is 44.8 Å². The Bertz CT molecular complexity index is 916. The summed E-state index contributed by atoms with van der Waals surface area (Å²) in [6, 6.07) is 14.2. The molecule has 3 rings (SSSR count). The summed E-state index contributed by atoms with van der Waals surface area (Å²) < 4.78 is 38.6. The summed E-state index contributed by atoms with van der Waals surface area (Å²) in [5.74, 6) is 1.55. The second-order valence-corrected chi connectivity index (χ2v) is 9.27. The van der Waals surface area contributed by atoms with Crippen LogP contribution in [0.4, 0.5) is 0 Å². The van der Waals surface area contributed by atoms with Crippen LogP contribution in [0, 0.1) is 0 Å². The van der Waals surface area contributed by atoms with E-state index >= 15 is 0 Å². The normalized spacial score (nSPS) is 16.0. The van der Waals surface area contributed by atoms with Crippen molar-refractivity contribution in [3.05, 3.63) is 54.1 Å². The Morgan fingerprint density at radius 3 is 2.34 bits per heavy atom. The lowest BCUT2D eigenvalue weighted by Crippen LogP contribution is -2.37. The van der Waals surface area contributed by atoms with E-state index in [4.69, 9.17) is 9.47 Å². The molecule has 1 aliphatic heterocycles. The van der Waals surface area contributed by atoms with Crippen LogP contribution in [0.5, 0.6) is 11.5 Å². The van der Waals surface area contributed by atoms with Crippen molar-refractivity contribution < 1.29 is 22.7 Å². The van der Waals surface area contributed by atoms with Gasteiger partial charge in [-0.25, -0.2) is 8.42 Å². The van der Waals surface area contributed by atoms with Gasteiger partial charge in [-0.05, 0) is 68.5 Å². The van der Waals surface area contributed by atoms with E-state index < -0.39 is 10.0 Å². The van der Waals surface area contributed by atoms with Gasteiger partial charge in [0.25, 0.3) is 0 Å². The molecule has 0 aliphatic carbocycles. The van der Waals surface area contributed by atoms with Crippen molar-refractivity contribution in [1.29, 1.82) is 0 Å². The molecule has 0 unspecified atom stereocenters. The van der Waals surface area contributed by atoms with E-state index in [0.717, 1.165) is 11.8 Å². The number of para-hydroxylation sites is 1. The third-order valence-electron chi connectivity index (χ3n) is 4.95. The molecule has 1 aliphatic rings. The van der Waals surface area contributed by atoms with Gasteiger partial charge < -0.3 is 9.47 Å². The molecule has 29 heavy (non-hydrogen) atoms. The van der Waals surface area contributed by atoms with Crippen molar-refractivity contribution in [3.8, 4) is 11.5 Å². The summed E-state index contributed by atoms with van der Waals surface area (Å²) >= 11 is 0. The van der Waals surface area contributed by atoms with Gasteiger partial charge in [0, 0.05) is 13.1 Å². The summed E-state index contributed by atoms with van der Waals surface area (Å²) in [7, 11) is -3.54. The van der Waals surface area contributed by atoms with Gasteiger partial charge in [-0.15, -0.1) is 0 Å². The Kier molecular flexibility index (Phi) is 6.92. The first kappa shape index (κ1) is 21.3. The number of piperidine rings is 1. The molecule has 1 fully saturated rings. The van der Waals surface area contributed by atoms with Crippen LogP contribution in [-0.2, 0) is 14.8 Å². The zero-order valence-corrected chi connectivity index (χ0v) is 17.6. The molecule has 0 bridgehead atoms. The maximum Gasteiger partial charge on any atom is 0.243 e. The number of rotatable bonds is 8. The van der Waals surface area contributed by atoms with Crippen LogP contribution in [0.3, 0.4) is 0 Å². The molecule has 1 saturated heterocycles. The fourth-order valence-corrected chi connectivity index (χ4v) is 5.06. The minimum absolute atomic E-state index is 0.0146. The molecule has 0 spiro atoms. The zero-order valence-electron chi connectivity index (χ0n) is 16.8. The van der Waals surface area contributed by atoms with E-state index in [2.05, 4.69) is 0 Å². The Morgan fingerprint density at radius 1 is 1.07 bits per heavy atom. The lowest BCUT2D eigenvalue weighted by molar-refractivity contribution is -0.109. The molecule has 0 amide bonds. The molecule has 0 saturated carbocycles. The summed E-state index contributed by atoms with van der Waals surface area (Å²) in [4.78, 5) is 10.9. The summed E-state index contributed by atoms with van der Waals surface area (Å²) in [6.45, 7) is 4.76. The highest BCUT2D eigenvalue weighted by Gasteiger charge is 2.31. The van der Waals surface area contributed by atoms with E-state index in [1.807, 2.05) is 38.1 Å². The SMILES string of the molecule is CC(C)Oc1ccc(S(=O)(=O)N2CCC(c3ccccc3OCC=O)CC2)cc1. The quantitative estimate of drug-likeness (QED) is 0.614. The molecular formula is C22H27NO5S. The highest BCUT2D eigenvalue weighted by molar-refractivity contribution is 7.89. The number of hydrogen-bond donors (Lipinski definition) is 0. The zero-order chi connectivity index (χ0) is 20.9. The van der Waals surface area contributed by atoms with Crippen LogP contribution in [0.25, 0.3) is 0 Å². The van der Waals surface area contributed by atoms with E-state index in [1.165, 1.54) is 4.31 Å². The first-order valence-electron chi connectivity index (χ1n) is 9.84. The average Bonchev–Trinajstić information content (AvgIpc) is 2.72. The molecule has 156 valence electrons. The van der Waals surface area contributed by atoms with Crippen LogP contribution < -0.4 is 9.47 Å². The highest BCUT2D eigenvalue weighted by Crippen LogP contribution is 2.35. The first-order valence-corrected chi connectivity index (χ1v) is 11.3. The molecule has 2 aromatic carbocycles. The van der Waals surface area contributed by atoms with Gasteiger partial charge in [-0.3, -0.25) is 4.79 Å². The van der Waals surface area contributed by atoms with Crippen LogP contribution >= 0.6 is 0 Å². The van der Waals surface area contributed by atoms with Crippen molar-refractivity contribution in [2.45, 2.75) is 43.6 Å². The number of benzene rings is 2. The van der Waals surface area contributed by atoms with Crippen LogP contribution in [0.15, 0.2) is 53.4 Å². The van der Waals surface area contributed by atoms with Crippen molar-refractivity contribution >= 4 is 16.3 Å². The highest BCUT2D eigenvalue weighted by atomic mass is 32.2. The van der Waals surface area contributed by atoms with Gasteiger partial charge in [0.1, 0.15) is 18.1 Å². The molecule has 0 N–H and O–H groups in total. The number of aldehydes is 1. The van der Waals surface area contributed by atoms with E-state index in [9.17, 15) is 13.2 Å². The molecule has 6 nitrogen and oxygen atoms in total. The summed E-state index contributed by atoms with van der Waals surface area (Å²) in [5, 5.41) is 0. The van der Waals surface area contributed by atoms with E-state index in [0.29, 0.717) is 37.4 Å². The second kappa shape index (κ2) is 9.41. The predicted molar refractivity (Wildman–Crippen MR) is 111 cm³/mol. The molecule has 0 radical (unpaired) electrons. The van der Waals surface area contributed by atoms with Crippen molar-refractivity contribution in [2.24, 2.45) is 0 Å². The summed E-state index contributed by atoms with van der Waals surface area (Å²) in [6.07, 6.45) is 2.17. The first-order chi connectivity index (χ1) is 13.9. The lowest BCUT2D eigenvalue weighted by Gasteiger charge is -2.32. The standard InChI is InChI=1S/C22H27NO5S/c1-17(2)28-19-7-9-20(10-8-19)29(25,26)23-13-11-18(12-14-23)21-5-3-4-6-22(21)27-16-15-24/h3-10,15,17-18H,11-14,16H2,1-2H3. The fraction of sp³-hybridized carbons (Fsp3) is 0.409. The topological polar surface area (TPSA) is 72.9 Å². The Hall–Kier alpha value is -2.38. The molecule has 0 atom stereocenters. The van der Waals surface area contributed by atoms with Gasteiger partial charge >= 0.3 is 0 Å². The molecular weight excluding hydrogens is 390 g/mol. The van der Waals surface area contributed by atoms with Crippen LogP contribution in [0.1, 0.15) is 38.2 Å². The third kappa shape index (κ3) is 5.16. The monoisotopic (exact) mass is 417 g/mol. The van der Waals surface area contributed by atoms with Gasteiger partial charge in [-0.1, -0.05) is 18.2 Å². The van der Waals surface area contributed by atoms with Gasteiger partial charge in [-0.2, -0.15) is 4.31 Å². The maximum atomic E-state index is 13.0. The smallest absolute Gasteiger partial charge is 0.243 e. The average molecular weight is 418 g/mol. The Labute approximate surface area is 172 Å². The van der Waals surface area contributed by atoms with E-state index in [-0.39, 0.29) is 23.5 Å². The molecule has 0 aromatic heterocycles. The number of hydrogen-bond acceptors (Lipinski definition) is 5. The number of ether oxygens (including phenoxy) is 2. The van der Waals surface area contributed by atoms with E-state index in [1.54, 1.807) is 24.3 Å². The third-order valence-corrected chi connectivity index (χ3v) is 6.87. The Morgan fingerprint density at radius 2 is 1.72 bits per heavy atom.